The average molecular weight is 298 g/mol. The number of aryl methyl sites for hydroxylation is 1. The minimum atomic E-state index is 0.0508. The molecule has 3 rings (SSSR count). The topological polar surface area (TPSA) is 26.3 Å². The van der Waals surface area contributed by atoms with Crippen molar-refractivity contribution in [3.05, 3.63) is 59.2 Å². The van der Waals surface area contributed by atoms with Crippen molar-refractivity contribution in [3.63, 3.8) is 0 Å². The molecule has 0 bridgehead atoms. The lowest BCUT2D eigenvalue weighted by atomic mass is 10.0. The van der Waals surface area contributed by atoms with Crippen molar-refractivity contribution in [2.75, 3.05) is 12.4 Å². The number of rotatable bonds is 4. The predicted octanol–water partition coefficient (Wildman–Crippen LogP) is 4.47. The van der Waals surface area contributed by atoms with Crippen molar-refractivity contribution in [1.82, 2.24) is 0 Å². The molecule has 0 fully saturated rings. The van der Waals surface area contributed by atoms with E-state index in [-0.39, 0.29) is 5.78 Å². The third-order valence-corrected chi connectivity index (χ3v) is 5.01. The molecule has 0 saturated carbocycles. The van der Waals surface area contributed by atoms with Gasteiger partial charge in [-0.15, -0.1) is 11.8 Å². The van der Waals surface area contributed by atoms with Gasteiger partial charge in [-0.1, -0.05) is 29.8 Å². The number of carbonyl (C=O) groups excluding carboxylic acids is 1. The summed E-state index contributed by atoms with van der Waals surface area (Å²) in [7, 11) is 0. The molecule has 1 aliphatic rings. The average Bonchev–Trinajstić information content (AvgIpc) is 2.89. The van der Waals surface area contributed by atoms with Crippen molar-refractivity contribution in [2.45, 2.75) is 24.7 Å². The van der Waals surface area contributed by atoms with E-state index in [0.29, 0.717) is 23.8 Å². The molecule has 3 heteroatoms. The number of thioether (sulfide) groups is 1. The Morgan fingerprint density at radius 3 is 2.90 bits per heavy atom. The van der Waals surface area contributed by atoms with Gasteiger partial charge in [0.25, 0.3) is 0 Å². The molecular weight excluding hydrogens is 280 g/mol. The zero-order valence-corrected chi connectivity index (χ0v) is 13.1. The Kier molecular flexibility index (Phi) is 4.02. The number of ketones is 1. The summed E-state index contributed by atoms with van der Waals surface area (Å²) in [5, 5.41) is 0. The van der Waals surface area contributed by atoms with E-state index in [1.807, 2.05) is 36.9 Å². The number of Topliss-reactive ketones (excluding diaryl/α,β-unsaturated/α-hetero) is 1. The van der Waals surface area contributed by atoms with Gasteiger partial charge in [0, 0.05) is 16.6 Å². The minimum absolute atomic E-state index is 0.0508. The van der Waals surface area contributed by atoms with Gasteiger partial charge in [0.1, 0.15) is 5.75 Å². The first-order chi connectivity index (χ1) is 10.1. The quantitative estimate of drug-likeness (QED) is 0.779. The van der Waals surface area contributed by atoms with E-state index in [1.165, 1.54) is 10.5 Å². The van der Waals surface area contributed by atoms with Gasteiger partial charge in [-0.25, -0.2) is 0 Å². The zero-order chi connectivity index (χ0) is 14.8. The summed E-state index contributed by atoms with van der Waals surface area (Å²) >= 11 is 1.88. The van der Waals surface area contributed by atoms with Crippen LogP contribution in [0.15, 0.2) is 47.4 Å². The fourth-order valence-electron chi connectivity index (χ4n) is 2.60. The monoisotopic (exact) mass is 298 g/mol. The second kappa shape index (κ2) is 5.94. The Labute approximate surface area is 129 Å². The predicted molar refractivity (Wildman–Crippen MR) is 86.6 cm³/mol. The van der Waals surface area contributed by atoms with Gasteiger partial charge in [0.2, 0.25) is 0 Å². The van der Waals surface area contributed by atoms with Gasteiger partial charge < -0.3 is 4.74 Å². The summed E-state index contributed by atoms with van der Waals surface area (Å²) in [6.45, 7) is 4.19. The van der Waals surface area contributed by atoms with Gasteiger partial charge >= 0.3 is 0 Å². The number of hydrogen-bond acceptors (Lipinski definition) is 3. The van der Waals surface area contributed by atoms with Crippen molar-refractivity contribution >= 4 is 17.5 Å². The van der Waals surface area contributed by atoms with E-state index in [1.54, 1.807) is 6.92 Å². The van der Waals surface area contributed by atoms with Crippen LogP contribution >= 0.6 is 11.8 Å². The Hall–Kier alpha value is -1.74. The highest BCUT2D eigenvalue weighted by Gasteiger charge is 2.23. The van der Waals surface area contributed by atoms with E-state index in [4.69, 9.17) is 4.74 Å². The molecule has 0 aromatic heterocycles. The number of benzene rings is 2. The lowest BCUT2D eigenvalue weighted by Crippen LogP contribution is -2.11. The molecule has 0 spiro atoms. The normalized spacial score (nSPS) is 16.6. The molecule has 1 unspecified atom stereocenters. The number of hydrogen-bond donors (Lipinski definition) is 0. The molecule has 1 aliphatic heterocycles. The van der Waals surface area contributed by atoms with Crippen molar-refractivity contribution in [2.24, 2.45) is 0 Å². The highest BCUT2D eigenvalue weighted by molar-refractivity contribution is 7.99. The van der Waals surface area contributed by atoms with E-state index < -0.39 is 0 Å². The van der Waals surface area contributed by atoms with Crippen LogP contribution in [0.2, 0.25) is 0 Å². The number of fused-ring (bicyclic) bond motifs is 1. The van der Waals surface area contributed by atoms with Gasteiger partial charge in [-0.2, -0.15) is 0 Å². The second-order valence-corrected chi connectivity index (χ2v) is 6.47. The van der Waals surface area contributed by atoms with Crippen LogP contribution in [0.25, 0.3) is 0 Å². The van der Waals surface area contributed by atoms with E-state index in [9.17, 15) is 4.79 Å². The lowest BCUT2D eigenvalue weighted by molar-refractivity contribution is 0.101. The summed E-state index contributed by atoms with van der Waals surface area (Å²) in [4.78, 5) is 13.1. The first-order valence-corrected chi connectivity index (χ1v) is 8.10. The van der Waals surface area contributed by atoms with Crippen LogP contribution in [0.3, 0.4) is 0 Å². The van der Waals surface area contributed by atoms with Crippen LogP contribution < -0.4 is 4.74 Å². The SMILES string of the molecule is CC(=O)c1cc(C)ccc1OCC1CSc2ccccc21. The van der Waals surface area contributed by atoms with Gasteiger partial charge in [0.15, 0.2) is 5.78 Å². The molecule has 0 saturated heterocycles. The Morgan fingerprint density at radius 1 is 1.29 bits per heavy atom. The smallest absolute Gasteiger partial charge is 0.163 e. The zero-order valence-electron chi connectivity index (χ0n) is 12.3. The minimum Gasteiger partial charge on any atom is -0.492 e. The Morgan fingerprint density at radius 2 is 2.10 bits per heavy atom. The molecule has 2 aromatic rings. The maximum Gasteiger partial charge on any atom is 0.163 e. The first kappa shape index (κ1) is 14.2. The summed E-state index contributed by atoms with van der Waals surface area (Å²) in [6, 6.07) is 14.3. The maximum absolute atomic E-state index is 11.7. The largest absolute Gasteiger partial charge is 0.492 e. The summed E-state index contributed by atoms with van der Waals surface area (Å²) in [5.74, 6) is 2.19. The van der Waals surface area contributed by atoms with E-state index in [0.717, 1.165) is 11.3 Å². The van der Waals surface area contributed by atoms with E-state index >= 15 is 0 Å². The van der Waals surface area contributed by atoms with Crippen molar-refractivity contribution in [1.29, 1.82) is 0 Å². The van der Waals surface area contributed by atoms with Gasteiger partial charge in [0.05, 0.1) is 12.2 Å². The van der Waals surface area contributed by atoms with Gasteiger partial charge in [-0.3, -0.25) is 4.79 Å². The summed E-state index contributed by atoms with van der Waals surface area (Å²) in [5.41, 5.74) is 3.11. The van der Waals surface area contributed by atoms with Crippen molar-refractivity contribution < 1.29 is 9.53 Å². The third kappa shape index (κ3) is 2.98. The fraction of sp³-hybridized carbons (Fsp3) is 0.278. The highest BCUT2D eigenvalue weighted by atomic mass is 32.2. The molecule has 2 aromatic carbocycles. The Balaban J connectivity index is 1.76. The molecule has 0 aliphatic carbocycles. The van der Waals surface area contributed by atoms with Crippen molar-refractivity contribution in [3.8, 4) is 5.75 Å². The van der Waals surface area contributed by atoms with Gasteiger partial charge in [-0.05, 0) is 37.6 Å². The van der Waals surface area contributed by atoms with Crippen LogP contribution in [0, 0.1) is 6.92 Å². The summed E-state index contributed by atoms with van der Waals surface area (Å²) in [6.07, 6.45) is 0. The molecular formula is C18H18O2S. The first-order valence-electron chi connectivity index (χ1n) is 7.11. The number of ether oxygens (including phenoxy) is 1. The Bertz CT molecular complexity index is 679. The summed E-state index contributed by atoms with van der Waals surface area (Å²) < 4.78 is 5.96. The second-order valence-electron chi connectivity index (χ2n) is 5.41. The standard InChI is InChI=1S/C18H18O2S/c1-12-7-8-17(16(9-12)13(2)19)20-10-14-11-21-18-6-4-3-5-15(14)18/h3-9,14H,10-11H2,1-2H3. The molecule has 0 amide bonds. The van der Waals surface area contributed by atoms with Crippen LogP contribution in [-0.4, -0.2) is 18.1 Å². The lowest BCUT2D eigenvalue weighted by Gasteiger charge is -2.15. The van der Waals surface area contributed by atoms with Crippen LogP contribution in [0.5, 0.6) is 5.75 Å². The molecule has 0 radical (unpaired) electrons. The highest BCUT2D eigenvalue weighted by Crippen LogP contribution is 2.39. The fourth-order valence-corrected chi connectivity index (χ4v) is 3.84. The molecule has 2 nitrogen and oxygen atoms in total. The molecule has 108 valence electrons. The molecule has 21 heavy (non-hydrogen) atoms. The van der Waals surface area contributed by atoms with Crippen LogP contribution in [0.1, 0.15) is 34.3 Å². The third-order valence-electron chi connectivity index (χ3n) is 3.75. The molecule has 1 heterocycles. The molecule has 1 atom stereocenters. The molecule has 0 N–H and O–H groups in total. The van der Waals surface area contributed by atoms with Crippen LogP contribution in [-0.2, 0) is 0 Å². The van der Waals surface area contributed by atoms with Crippen LogP contribution in [0.4, 0.5) is 0 Å². The van der Waals surface area contributed by atoms with E-state index in [2.05, 4.69) is 24.3 Å². The maximum atomic E-state index is 11.7. The number of carbonyl (C=O) groups is 1.